The van der Waals surface area contributed by atoms with Crippen LogP contribution in [0.4, 0.5) is 13.2 Å². The van der Waals surface area contributed by atoms with Crippen LogP contribution in [0.25, 0.3) is 16.9 Å². The maximum absolute atomic E-state index is 13.3. The van der Waals surface area contributed by atoms with Crippen LogP contribution in [0, 0.1) is 6.92 Å². The largest absolute Gasteiger partial charge is 0.467 e. The molecule has 3 rings (SSSR count). The Morgan fingerprint density at radius 3 is 2.28 bits per heavy atom. The Kier molecular flexibility index (Phi) is 6.67. The molecule has 0 aliphatic carbocycles. The number of methoxy groups -OCH3 is 1. The molecule has 0 aliphatic rings. The first-order valence-corrected chi connectivity index (χ1v) is 10.5. The highest BCUT2D eigenvalue weighted by atomic mass is 32.2. The molecule has 8 nitrogen and oxygen atoms in total. The second-order valence-corrected chi connectivity index (χ2v) is 8.28. The third-order valence-electron chi connectivity index (χ3n) is 4.33. The van der Waals surface area contributed by atoms with Crippen molar-refractivity contribution in [2.24, 2.45) is 0 Å². The van der Waals surface area contributed by atoms with Gasteiger partial charge >= 0.3 is 12.1 Å². The van der Waals surface area contributed by atoms with E-state index < -0.39 is 34.5 Å². The molecule has 1 heterocycles. The number of carbonyl (C=O) groups is 1. The zero-order valence-electron chi connectivity index (χ0n) is 16.9. The minimum Gasteiger partial charge on any atom is -0.467 e. The Hall–Kier alpha value is -3.22. The van der Waals surface area contributed by atoms with E-state index in [-0.39, 0.29) is 16.3 Å². The number of halogens is 3. The Morgan fingerprint density at radius 1 is 1.09 bits per heavy atom. The fourth-order valence-electron chi connectivity index (χ4n) is 2.69. The quantitative estimate of drug-likeness (QED) is 0.422. The van der Waals surface area contributed by atoms with Crippen LogP contribution in [0.3, 0.4) is 0 Å². The van der Waals surface area contributed by atoms with E-state index in [4.69, 9.17) is 0 Å². The molecule has 0 spiro atoms. The molecule has 170 valence electrons. The summed E-state index contributed by atoms with van der Waals surface area (Å²) >= 11 is 0. The molecule has 12 heteroatoms. The van der Waals surface area contributed by atoms with Gasteiger partial charge in [-0.15, -0.1) is 0 Å². The standard InChI is InChI=1S/C20H18F3N3O5S/c1-13-3-5-14(6-4-13)17-11-18(20(21,22)23)24-26(17)15-7-9-16(10-8-15)32(28,29)25-31-12-19(27)30-2/h3-11,25H,12H2,1-2H3/i2-1. The number of benzene rings is 2. The Morgan fingerprint density at radius 2 is 1.72 bits per heavy atom. The van der Waals surface area contributed by atoms with Crippen molar-refractivity contribution >= 4 is 16.0 Å². The predicted octanol–water partition coefficient (Wildman–Crippen LogP) is 3.25. The Bertz CT molecular complexity index is 1200. The molecule has 0 unspecified atom stereocenters. The smallest absolute Gasteiger partial charge is 0.435 e. The van der Waals surface area contributed by atoms with Gasteiger partial charge in [0.05, 0.1) is 23.4 Å². The topological polar surface area (TPSA) is 99.5 Å². The van der Waals surface area contributed by atoms with Gasteiger partial charge in [0.1, 0.15) is 0 Å². The van der Waals surface area contributed by atoms with E-state index in [9.17, 15) is 26.4 Å². The van der Waals surface area contributed by atoms with Crippen LogP contribution >= 0.6 is 0 Å². The van der Waals surface area contributed by atoms with Gasteiger partial charge in [0.15, 0.2) is 12.3 Å². The molecule has 0 radical (unpaired) electrons. The first-order chi connectivity index (χ1) is 15.0. The first kappa shape index (κ1) is 23.4. The van der Waals surface area contributed by atoms with Crippen molar-refractivity contribution in [3.8, 4) is 16.9 Å². The lowest BCUT2D eigenvalue weighted by atomic mass is 10.1. The molecule has 1 aromatic heterocycles. The van der Waals surface area contributed by atoms with Gasteiger partial charge in [0.25, 0.3) is 10.0 Å². The summed E-state index contributed by atoms with van der Waals surface area (Å²) in [5.74, 6) is -0.786. The third kappa shape index (κ3) is 5.33. The molecule has 0 saturated heterocycles. The van der Waals surface area contributed by atoms with Crippen LogP contribution in [-0.4, -0.2) is 37.9 Å². The maximum atomic E-state index is 13.3. The highest BCUT2D eigenvalue weighted by Gasteiger charge is 2.35. The summed E-state index contributed by atoms with van der Waals surface area (Å²) in [6.45, 7) is 1.21. The third-order valence-corrected chi connectivity index (χ3v) is 5.56. The van der Waals surface area contributed by atoms with Crippen LogP contribution in [0.1, 0.15) is 11.3 Å². The number of nitrogens with zero attached hydrogens (tertiary/aromatic N) is 2. The lowest BCUT2D eigenvalue weighted by Gasteiger charge is -2.10. The van der Waals surface area contributed by atoms with Crippen molar-refractivity contribution in [2.45, 2.75) is 18.0 Å². The minimum absolute atomic E-state index is 0.187. The molecule has 0 amide bonds. The van der Waals surface area contributed by atoms with E-state index in [0.717, 1.165) is 23.4 Å². The summed E-state index contributed by atoms with van der Waals surface area (Å²) in [5.41, 5.74) is 0.765. The normalized spacial score (nSPS) is 12.0. The van der Waals surface area contributed by atoms with Gasteiger partial charge in [-0.1, -0.05) is 34.7 Å². The number of sulfonamides is 1. The fourth-order valence-corrected chi connectivity index (χ4v) is 3.49. The number of alkyl halides is 3. The molecule has 0 aliphatic heterocycles. The van der Waals surface area contributed by atoms with Gasteiger partial charge in [0.2, 0.25) is 0 Å². The number of hydrogen-bond donors (Lipinski definition) is 1. The summed E-state index contributed by atoms with van der Waals surface area (Å²) in [6.07, 6.45) is -4.66. The molecule has 0 bridgehead atoms. The van der Waals surface area contributed by atoms with E-state index >= 15 is 0 Å². The number of hydrogen-bond acceptors (Lipinski definition) is 6. The van der Waals surface area contributed by atoms with E-state index in [1.807, 2.05) is 6.92 Å². The van der Waals surface area contributed by atoms with Gasteiger partial charge in [0, 0.05) is 5.56 Å². The van der Waals surface area contributed by atoms with Crippen molar-refractivity contribution < 1.29 is 36.0 Å². The van der Waals surface area contributed by atoms with Crippen LogP contribution in [0.15, 0.2) is 59.5 Å². The van der Waals surface area contributed by atoms with Gasteiger partial charge in [-0.05, 0) is 37.3 Å². The van der Waals surface area contributed by atoms with E-state index in [1.54, 1.807) is 29.2 Å². The van der Waals surface area contributed by atoms with Gasteiger partial charge < -0.3 is 4.74 Å². The lowest BCUT2D eigenvalue weighted by molar-refractivity contribution is -0.147. The van der Waals surface area contributed by atoms with Crippen LogP contribution in [0.2, 0.25) is 0 Å². The van der Waals surface area contributed by atoms with Crippen molar-refractivity contribution in [3.63, 3.8) is 0 Å². The number of ether oxygens (including phenoxy) is 1. The maximum Gasteiger partial charge on any atom is 0.435 e. The number of nitrogens with one attached hydrogen (secondary N) is 1. The number of carbonyl (C=O) groups excluding carboxylic acids is 1. The van der Waals surface area contributed by atoms with Crippen molar-refractivity contribution in [3.05, 3.63) is 65.9 Å². The SMILES string of the molecule is Cc1ccc(-c2cc(C(F)(F)F)nn2-c2ccc(S(=O)(=O)NOCC(=O)O[11CH3])cc2)cc1. The molecule has 0 atom stereocenters. The number of aryl methyl sites for hydroxylation is 1. The van der Waals surface area contributed by atoms with Gasteiger partial charge in [-0.2, -0.15) is 18.3 Å². The van der Waals surface area contributed by atoms with Crippen molar-refractivity contribution in [2.75, 3.05) is 13.7 Å². The highest BCUT2D eigenvalue weighted by Crippen LogP contribution is 2.33. The van der Waals surface area contributed by atoms with E-state index in [1.165, 1.54) is 24.3 Å². The van der Waals surface area contributed by atoms with Crippen molar-refractivity contribution in [1.29, 1.82) is 0 Å². The Balaban J connectivity index is 1.93. The number of aromatic nitrogens is 2. The molecule has 2 aromatic carbocycles. The molecule has 0 fully saturated rings. The summed E-state index contributed by atoms with van der Waals surface area (Å²) < 4.78 is 69.8. The minimum atomic E-state index is -4.66. The summed E-state index contributed by atoms with van der Waals surface area (Å²) in [4.78, 5) is 17.1. The number of rotatable bonds is 7. The summed E-state index contributed by atoms with van der Waals surface area (Å²) in [5, 5.41) is 3.67. The van der Waals surface area contributed by atoms with Crippen LogP contribution in [0.5, 0.6) is 0 Å². The van der Waals surface area contributed by atoms with Crippen molar-refractivity contribution in [1.82, 2.24) is 14.7 Å². The van der Waals surface area contributed by atoms with Gasteiger partial charge in [-0.3, -0.25) is 4.84 Å². The monoisotopic (exact) mass is 468 g/mol. The second-order valence-electron chi connectivity index (χ2n) is 6.64. The average Bonchev–Trinajstić information content (AvgIpc) is 3.20. The van der Waals surface area contributed by atoms with E-state index in [2.05, 4.69) is 14.7 Å². The van der Waals surface area contributed by atoms with E-state index in [0.29, 0.717) is 5.56 Å². The zero-order valence-corrected chi connectivity index (χ0v) is 17.7. The predicted molar refractivity (Wildman–Crippen MR) is 107 cm³/mol. The molecular formula is C20H18F3N3O5S. The molecule has 3 aromatic rings. The molecule has 0 saturated carbocycles. The summed E-state index contributed by atoms with van der Waals surface area (Å²) in [6, 6.07) is 12.7. The molecule has 1 N–H and O–H groups in total. The second kappa shape index (κ2) is 9.10. The Labute approximate surface area is 181 Å². The van der Waals surface area contributed by atoms with Crippen LogP contribution < -0.4 is 4.89 Å². The molecular weight excluding hydrogens is 450 g/mol. The van der Waals surface area contributed by atoms with Gasteiger partial charge in [-0.25, -0.2) is 17.9 Å². The average molecular weight is 468 g/mol. The lowest BCUT2D eigenvalue weighted by Crippen LogP contribution is -2.27. The fraction of sp³-hybridized carbons (Fsp3) is 0.200. The van der Waals surface area contributed by atoms with Crippen LogP contribution in [-0.2, 0) is 30.6 Å². The summed E-state index contributed by atoms with van der Waals surface area (Å²) in [7, 11) is -3.02. The zero-order chi connectivity index (χ0) is 23.5. The number of esters is 1. The highest BCUT2D eigenvalue weighted by molar-refractivity contribution is 7.89. The molecule has 32 heavy (non-hydrogen) atoms. The first-order valence-electron chi connectivity index (χ1n) is 9.06.